The zero-order valence-electron chi connectivity index (χ0n) is 16.4. The fraction of sp³-hybridized carbons (Fsp3) is 0.350. The van der Waals surface area contributed by atoms with Crippen molar-refractivity contribution in [3.63, 3.8) is 0 Å². The smallest absolute Gasteiger partial charge is 0.254 e. The largest absolute Gasteiger partial charge is 0.496 e. The molecule has 1 atom stereocenters. The number of carbonyl (C=O) groups excluding carboxylic acids is 1. The van der Waals surface area contributed by atoms with Crippen molar-refractivity contribution in [3.05, 3.63) is 51.8 Å². The van der Waals surface area contributed by atoms with Gasteiger partial charge in [0.1, 0.15) is 22.5 Å². The zero-order valence-corrected chi connectivity index (χ0v) is 17.2. The van der Waals surface area contributed by atoms with E-state index < -0.39 is 6.04 Å². The molecule has 2 aliphatic heterocycles. The van der Waals surface area contributed by atoms with Crippen molar-refractivity contribution in [2.45, 2.75) is 26.8 Å². The molecule has 0 spiro atoms. The second-order valence-electron chi connectivity index (χ2n) is 6.31. The Hall–Kier alpha value is -2.92. The molecule has 7 nitrogen and oxygen atoms in total. The van der Waals surface area contributed by atoms with E-state index in [9.17, 15) is 10.1 Å². The van der Waals surface area contributed by atoms with Gasteiger partial charge in [0, 0.05) is 18.7 Å². The molecule has 28 heavy (non-hydrogen) atoms. The summed E-state index contributed by atoms with van der Waals surface area (Å²) in [4.78, 5) is 21.9. The van der Waals surface area contributed by atoms with Crippen LogP contribution in [0.4, 0.5) is 0 Å². The number of aliphatic imine (C=N–C) groups is 1. The third-order valence-electron chi connectivity index (χ3n) is 4.89. The predicted molar refractivity (Wildman–Crippen MR) is 110 cm³/mol. The van der Waals surface area contributed by atoms with Crippen molar-refractivity contribution < 1.29 is 9.53 Å². The van der Waals surface area contributed by atoms with Crippen LogP contribution in [0.15, 0.2) is 51.3 Å². The number of hydrogen-bond donors (Lipinski definition) is 1. The molecule has 0 saturated heterocycles. The van der Waals surface area contributed by atoms with E-state index >= 15 is 0 Å². The number of carbonyl (C=O) groups is 1. The highest BCUT2D eigenvalue weighted by atomic mass is 32.2. The first-order valence-electron chi connectivity index (χ1n) is 9.06. The van der Waals surface area contributed by atoms with E-state index in [1.54, 1.807) is 16.9 Å². The molecule has 0 saturated carbocycles. The van der Waals surface area contributed by atoms with Crippen LogP contribution in [-0.2, 0) is 4.79 Å². The van der Waals surface area contributed by atoms with Gasteiger partial charge in [-0.2, -0.15) is 5.26 Å². The van der Waals surface area contributed by atoms with Crippen LogP contribution < -0.4 is 10.5 Å². The van der Waals surface area contributed by atoms with Crippen molar-refractivity contribution in [2.24, 2.45) is 10.7 Å². The summed E-state index contributed by atoms with van der Waals surface area (Å²) < 4.78 is 5.57. The number of likely N-dealkylation sites (N-methyl/N-ethyl adjacent to an activating group) is 1. The lowest BCUT2D eigenvalue weighted by Crippen LogP contribution is -2.42. The fourth-order valence-corrected chi connectivity index (χ4v) is 4.40. The van der Waals surface area contributed by atoms with E-state index in [1.807, 2.05) is 45.0 Å². The van der Waals surface area contributed by atoms with Gasteiger partial charge < -0.3 is 15.4 Å². The highest BCUT2D eigenvalue weighted by Crippen LogP contribution is 2.47. The number of rotatable bonds is 5. The first-order chi connectivity index (χ1) is 13.5. The molecular formula is C20H23N5O2S. The summed E-state index contributed by atoms with van der Waals surface area (Å²) in [5.41, 5.74) is 8.27. The van der Waals surface area contributed by atoms with E-state index in [4.69, 9.17) is 10.5 Å². The van der Waals surface area contributed by atoms with Gasteiger partial charge in [-0.1, -0.05) is 18.2 Å². The van der Waals surface area contributed by atoms with E-state index in [1.165, 1.54) is 11.8 Å². The molecule has 0 unspecified atom stereocenters. The Balaban J connectivity index is 2.24. The molecule has 1 amide bonds. The molecule has 8 heteroatoms. The van der Waals surface area contributed by atoms with Gasteiger partial charge in [-0.25, -0.2) is 4.99 Å². The molecule has 1 aromatic carbocycles. The average Bonchev–Trinajstić information content (AvgIpc) is 3.02. The minimum absolute atomic E-state index is 0.0931. The maximum atomic E-state index is 13.4. The molecule has 146 valence electrons. The standard InChI is InChI=1S/C20H23N5O2S/c1-5-24(6-2)19(26)16-12(3)23-20-25(18(22)15(11-21)28-20)17(16)13-9-7-8-10-14(13)27-4/h7-10,17H,5-6,22H2,1-4H3/t17-/m1/s1. The molecule has 2 aliphatic rings. The van der Waals surface area contributed by atoms with Crippen LogP contribution in [0.1, 0.15) is 32.4 Å². The molecule has 1 aromatic rings. The number of amides is 1. The van der Waals surface area contributed by atoms with Gasteiger partial charge in [-0.15, -0.1) is 0 Å². The number of benzene rings is 1. The summed E-state index contributed by atoms with van der Waals surface area (Å²) in [6.07, 6.45) is 0. The van der Waals surface area contributed by atoms with Crippen LogP contribution in [0.2, 0.25) is 0 Å². The summed E-state index contributed by atoms with van der Waals surface area (Å²) in [7, 11) is 1.59. The number of nitrogens with zero attached hydrogens (tertiary/aromatic N) is 4. The van der Waals surface area contributed by atoms with Gasteiger partial charge in [-0.05, 0) is 38.6 Å². The van der Waals surface area contributed by atoms with Crippen LogP contribution in [0.3, 0.4) is 0 Å². The second-order valence-corrected chi connectivity index (χ2v) is 7.29. The number of ether oxygens (including phenoxy) is 1. The summed E-state index contributed by atoms with van der Waals surface area (Å²) in [5.74, 6) is 0.860. The molecule has 2 N–H and O–H groups in total. The number of methoxy groups -OCH3 is 1. The van der Waals surface area contributed by atoms with Gasteiger partial charge in [0.25, 0.3) is 5.91 Å². The molecule has 3 rings (SSSR count). The summed E-state index contributed by atoms with van der Waals surface area (Å²) in [6, 6.07) is 9.14. The monoisotopic (exact) mass is 397 g/mol. The molecule has 2 heterocycles. The Morgan fingerprint density at radius 1 is 1.39 bits per heavy atom. The third kappa shape index (κ3) is 3.12. The highest BCUT2D eigenvalue weighted by molar-refractivity contribution is 8.17. The number of fused-ring (bicyclic) bond motifs is 1. The van der Waals surface area contributed by atoms with Gasteiger partial charge >= 0.3 is 0 Å². The zero-order chi connectivity index (χ0) is 20.4. The highest BCUT2D eigenvalue weighted by Gasteiger charge is 2.43. The Kier molecular flexibility index (Phi) is 5.66. The van der Waals surface area contributed by atoms with E-state index in [0.717, 1.165) is 5.56 Å². The SMILES string of the molecule is CCN(CC)C(=O)C1=C(C)N=C2SC(C#N)=C(N)N2[C@@H]1c1ccccc1OC. The lowest BCUT2D eigenvalue weighted by molar-refractivity contribution is -0.127. The third-order valence-corrected chi connectivity index (χ3v) is 5.87. The molecule has 0 bridgehead atoms. The quantitative estimate of drug-likeness (QED) is 0.821. The van der Waals surface area contributed by atoms with Crippen molar-refractivity contribution in [1.82, 2.24) is 9.80 Å². The van der Waals surface area contributed by atoms with Gasteiger partial charge in [0.2, 0.25) is 0 Å². The lowest BCUT2D eigenvalue weighted by atomic mass is 9.92. The minimum Gasteiger partial charge on any atom is -0.496 e. The van der Waals surface area contributed by atoms with Crippen LogP contribution in [0.5, 0.6) is 5.75 Å². The van der Waals surface area contributed by atoms with E-state index in [0.29, 0.717) is 46.0 Å². The Morgan fingerprint density at radius 3 is 2.68 bits per heavy atom. The van der Waals surface area contributed by atoms with Crippen molar-refractivity contribution >= 4 is 22.8 Å². The lowest BCUT2D eigenvalue weighted by Gasteiger charge is -2.37. The second kappa shape index (κ2) is 7.98. The van der Waals surface area contributed by atoms with Gasteiger partial charge in [-0.3, -0.25) is 9.69 Å². The number of nitriles is 1. The summed E-state index contributed by atoms with van der Waals surface area (Å²) in [6.45, 7) is 6.89. The molecule has 0 radical (unpaired) electrons. The van der Waals surface area contributed by atoms with Crippen LogP contribution >= 0.6 is 11.8 Å². The Labute approximate surface area is 169 Å². The number of hydrogen-bond acceptors (Lipinski definition) is 7. The number of allylic oxidation sites excluding steroid dienone is 2. The normalized spacial score (nSPS) is 18.6. The van der Waals surface area contributed by atoms with E-state index in [-0.39, 0.29) is 5.91 Å². The van der Waals surface area contributed by atoms with Crippen LogP contribution in [-0.4, -0.2) is 41.1 Å². The summed E-state index contributed by atoms with van der Waals surface area (Å²) >= 11 is 1.22. The molecule has 0 aromatic heterocycles. The first kappa shape index (κ1) is 19.8. The Bertz CT molecular complexity index is 940. The maximum absolute atomic E-state index is 13.4. The Morgan fingerprint density at radius 2 is 2.07 bits per heavy atom. The van der Waals surface area contributed by atoms with Crippen molar-refractivity contribution in [2.75, 3.05) is 20.2 Å². The topological polar surface area (TPSA) is 95.0 Å². The molecule has 0 fully saturated rings. The average molecular weight is 398 g/mol. The fourth-order valence-electron chi connectivity index (χ4n) is 3.48. The van der Waals surface area contributed by atoms with Crippen molar-refractivity contribution in [3.8, 4) is 11.8 Å². The van der Waals surface area contributed by atoms with Crippen LogP contribution in [0.25, 0.3) is 0 Å². The number of thioether (sulfide) groups is 1. The minimum atomic E-state index is -0.518. The van der Waals surface area contributed by atoms with Crippen LogP contribution in [0, 0.1) is 11.3 Å². The number of amidine groups is 1. The number of nitrogens with two attached hydrogens (primary N) is 1. The van der Waals surface area contributed by atoms with Gasteiger partial charge in [0.05, 0.1) is 24.4 Å². The molecule has 0 aliphatic carbocycles. The number of para-hydroxylation sites is 1. The maximum Gasteiger partial charge on any atom is 0.254 e. The predicted octanol–water partition coefficient (Wildman–Crippen LogP) is 2.95. The first-order valence-corrected chi connectivity index (χ1v) is 9.88. The van der Waals surface area contributed by atoms with E-state index in [2.05, 4.69) is 11.1 Å². The molecular weight excluding hydrogens is 374 g/mol. The van der Waals surface area contributed by atoms with Gasteiger partial charge in [0.15, 0.2) is 5.17 Å². The summed E-state index contributed by atoms with van der Waals surface area (Å²) in [5, 5.41) is 10.0. The van der Waals surface area contributed by atoms with Crippen molar-refractivity contribution in [1.29, 1.82) is 5.26 Å².